The highest BCUT2D eigenvalue weighted by molar-refractivity contribution is 8.00. The van der Waals surface area contributed by atoms with Gasteiger partial charge in [0.2, 0.25) is 0 Å². The van der Waals surface area contributed by atoms with Gasteiger partial charge in [0.25, 0.3) is 0 Å². The van der Waals surface area contributed by atoms with Gasteiger partial charge in [-0.15, -0.1) is 23.1 Å². The third-order valence-electron chi connectivity index (χ3n) is 11.9. The van der Waals surface area contributed by atoms with Crippen molar-refractivity contribution in [2.24, 2.45) is 0 Å². The van der Waals surface area contributed by atoms with E-state index in [1.165, 1.54) is 64.0 Å². The molecular formula is C54H35NOS2. The number of fused-ring (bicyclic) bond motifs is 9. The topological polar surface area (TPSA) is 16.4 Å². The maximum absolute atomic E-state index is 6.72. The Kier molecular flexibility index (Phi) is 7.82. The monoisotopic (exact) mass is 777 g/mol. The number of furan rings is 1. The molecule has 0 spiro atoms. The molecule has 0 amide bonds. The molecule has 8 aromatic carbocycles. The molecule has 2 aliphatic rings. The molecule has 0 saturated carbocycles. The van der Waals surface area contributed by atoms with Crippen LogP contribution in [0, 0.1) is 0 Å². The van der Waals surface area contributed by atoms with E-state index in [9.17, 15) is 0 Å². The van der Waals surface area contributed by atoms with Crippen molar-refractivity contribution in [1.82, 2.24) is 0 Å². The van der Waals surface area contributed by atoms with E-state index in [0.717, 1.165) is 39.0 Å². The van der Waals surface area contributed by atoms with Gasteiger partial charge in [-0.25, -0.2) is 0 Å². The van der Waals surface area contributed by atoms with E-state index in [0.29, 0.717) is 11.2 Å². The van der Waals surface area contributed by atoms with E-state index in [1.807, 2.05) is 29.2 Å². The molecule has 2 aromatic heterocycles. The Morgan fingerprint density at radius 2 is 1.17 bits per heavy atom. The number of nitrogens with zero attached hydrogens (tertiary/aromatic N) is 1. The number of para-hydroxylation sites is 2. The fourth-order valence-electron chi connectivity index (χ4n) is 9.14. The maximum atomic E-state index is 6.72. The summed E-state index contributed by atoms with van der Waals surface area (Å²) in [6.45, 7) is 0. The van der Waals surface area contributed by atoms with Crippen molar-refractivity contribution in [3.05, 3.63) is 211 Å². The second-order valence-electron chi connectivity index (χ2n) is 15.1. The summed E-state index contributed by atoms with van der Waals surface area (Å²) in [5.41, 5.74) is 14.1. The minimum Gasteiger partial charge on any atom is -0.454 e. The number of rotatable bonds is 6. The maximum Gasteiger partial charge on any atom is 0.159 e. The first-order chi connectivity index (χ1) is 28.8. The first-order valence-electron chi connectivity index (χ1n) is 19.8. The number of hydrogen-bond acceptors (Lipinski definition) is 4. The molecule has 0 radical (unpaired) electrons. The molecule has 0 saturated heterocycles. The molecule has 2 atom stereocenters. The lowest BCUT2D eigenvalue weighted by Gasteiger charge is -2.26. The molecule has 0 bridgehead atoms. The molecule has 58 heavy (non-hydrogen) atoms. The summed E-state index contributed by atoms with van der Waals surface area (Å²) < 4.78 is 9.26. The normalized spacial score (nSPS) is 15.9. The van der Waals surface area contributed by atoms with E-state index >= 15 is 0 Å². The second-order valence-corrected chi connectivity index (χ2v) is 17.3. The van der Waals surface area contributed by atoms with Crippen molar-refractivity contribution in [1.29, 1.82) is 0 Å². The second kappa shape index (κ2) is 13.5. The predicted molar refractivity (Wildman–Crippen MR) is 248 cm³/mol. The fourth-order valence-corrected chi connectivity index (χ4v) is 12.0. The summed E-state index contributed by atoms with van der Waals surface area (Å²) in [4.78, 5) is 3.78. The van der Waals surface area contributed by atoms with Crippen molar-refractivity contribution in [2.45, 2.75) is 16.1 Å². The van der Waals surface area contributed by atoms with Crippen LogP contribution in [0.3, 0.4) is 0 Å². The first-order valence-corrected chi connectivity index (χ1v) is 21.5. The summed E-state index contributed by atoms with van der Waals surface area (Å²) >= 11 is 3.87. The molecule has 0 fully saturated rings. The summed E-state index contributed by atoms with van der Waals surface area (Å²) in [5, 5.41) is 5.15. The van der Waals surface area contributed by atoms with E-state index in [2.05, 4.69) is 199 Å². The van der Waals surface area contributed by atoms with Gasteiger partial charge < -0.3 is 9.32 Å². The number of thioether (sulfide) groups is 1. The zero-order valence-electron chi connectivity index (χ0n) is 31.4. The van der Waals surface area contributed by atoms with Gasteiger partial charge >= 0.3 is 0 Å². The Hall–Kier alpha value is -6.59. The van der Waals surface area contributed by atoms with Gasteiger partial charge in [0.15, 0.2) is 5.58 Å². The van der Waals surface area contributed by atoms with Crippen molar-refractivity contribution in [3.8, 4) is 22.3 Å². The lowest BCUT2D eigenvalue weighted by Crippen LogP contribution is -2.13. The number of hydrogen-bond donors (Lipinski definition) is 0. The lowest BCUT2D eigenvalue weighted by atomic mass is 9.84. The third-order valence-corrected chi connectivity index (χ3v) is 14.6. The molecule has 0 N–H and O–H groups in total. The van der Waals surface area contributed by atoms with Crippen LogP contribution in [0.25, 0.3) is 69.9 Å². The molecule has 1 aliphatic heterocycles. The van der Waals surface area contributed by atoms with Crippen LogP contribution >= 0.6 is 23.1 Å². The van der Waals surface area contributed by atoms with Crippen molar-refractivity contribution in [3.63, 3.8) is 0 Å². The van der Waals surface area contributed by atoms with Crippen LogP contribution < -0.4 is 4.90 Å². The van der Waals surface area contributed by atoms with Gasteiger partial charge in [0.05, 0.1) is 16.1 Å². The van der Waals surface area contributed by atoms with Crippen LogP contribution in [0.1, 0.15) is 17.0 Å². The number of thiophene rings is 1. The van der Waals surface area contributed by atoms with Gasteiger partial charge in [-0.3, -0.25) is 0 Å². The summed E-state index contributed by atoms with van der Waals surface area (Å²) in [5.74, 6) is 0.350. The van der Waals surface area contributed by atoms with Crippen molar-refractivity contribution in [2.75, 3.05) is 4.90 Å². The van der Waals surface area contributed by atoms with Crippen LogP contribution in [-0.4, -0.2) is 5.25 Å². The molecule has 274 valence electrons. The van der Waals surface area contributed by atoms with Gasteiger partial charge in [-0.1, -0.05) is 158 Å². The number of benzene rings is 8. The predicted octanol–water partition coefficient (Wildman–Crippen LogP) is 16.0. The van der Waals surface area contributed by atoms with E-state index in [4.69, 9.17) is 4.42 Å². The minimum atomic E-state index is 0.350. The average molecular weight is 778 g/mol. The van der Waals surface area contributed by atoms with Gasteiger partial charge in [-0.2, -0.15) is 0 Å². The van der Waals surface area contributed by atoms with Crippen LogP contribution in [0.4, 0.5) is 17.1 Å². The molecule has 4 heteroatoms. The summed E-state index contributed by atoms with van der Waals surface area (Å²) in [7, 11) is 0. The Balaban J connectivity index is 0.989. The Bertz CT molecular complexity index is 3260. The molecule has 12 rings (SSSR count). The number of allylic oxidation sites excluding steroid dienone is 3. The standard InChI is InChI=1S/C54H35NOS2/c1-3-13-35(14-4-1)39-18-10-22-45-46-33-37(29-32-50(46)57-52(39)45)34-27-30-38(31-28-34)55(47-24-11-20-42-41-17-7-8-26-49(41)56-51(42)47)48-25-12-23-44-43-21-9-19-40(53(43)58-54(44)48)36-15-5-2-6-16-36/h1-33,45,52H. The zero-order valence-corrected chi connectivity index (χ0v) is 33.0. The quantitative estimate of drug-likeness (QED) is 0.167. The van der Waals surface area contributed by atoms with E-state index in [1.54, 1.807) is 0 Å². The minimum absolute atomic E-state index is 0.350. The highest BCUT2D eigenvalue weighted by Crippen LogP contribution is 2.54. The van der Waals surface area contributed by atoms with Crippen LogP contribution in [0.15, 0.2) is 210 Å². The van der Waals surface area contributed by atoms with Gasteiger partial charge in [-0.05, 0) is 81.4 Å². The Morgan fingerprint density at radius 3 is 2.00 bits per heavy atom. The highest BCUT2D eigenvalue weighted by atomic mass is 32.2. The highest BCUT2D eigenvalue weighted by Gasteiger charge is 2.36. The molecule has 1 aliphatic carbocycles. The molecule has 10 aromatic rings. The van der Waals surface area contributed by atoms with Crippen LogP contribution in [0.5, 0.6) is 0 Å². The van der Waals surface area contributed by atoms with E-state index < -0.39 is 0 Å². The van der Waals surface area contributed by atoms with Gasteiger partial charge in [0.1, 0.15) is 5.58 Å². The Morgan fingerprint density at radius 1 is 0.500 bits per heavy atom. The third kappa shape index (κ3) is 5.33. The van der Waals surface area contributed by atoms with E-state index in [-0.39, 0.29) is 0 Å². The largest absolute Gasteiger partial charge is 0.454 e. The van der Waals surface area contributed by atoms with Crippen LogP contribution in [-0.2, 0) is 0 Å². The van der Waals surface area contributed by atoms with Crippen molar-refractivity contribution < 1.29 is 4.42 Å². The molecule has 2 unspecified atom stereocenters. The molecule has 2 nitrogen and oxygen atoms in total. The lowest BCUT2D eigenvalue weighted by molar-refractivity contribution is 0.669. The Labute approximate surface area is 345 Å². The van der Waals surface area contributed by atoms with Crippen LogP contribution in [0.2, 0.25) is 0 Å². The summed E-state index contributed by atoms with van der Waals surface area (Å²) in [6.07, 6.45) is 6.93. The fraction of sp³-hybridized carbons (Fsp3) is 0.0370. The van der Waals surface area contributed by atoms with Crippen molar-refractivity contribution >= 4 is 87.8 Å². The number of anilines is 3. The van der Waals surface area contributed by atoms with Gasteiger partial charge in [0, 0.05) is 48.0 Å². The molecule has 3 heterocycles. The average Bonchev–Trinajstić information content (AvgIpc) is 3.99. The smallest absolute Gasteiger partial charge is 0.159 e. The summed E-state index contributed by atoms with van der Waals surface area (Å²) in [6, 6.07) is 66.1. The SMILES string of the molecule is C1=CC2c3cc(-c4ccc(N(c5cccc6c5oc5ccccc56)c5cccc6c5sc5c(-c7ccccc7)cccc56)cc4)ccc3SC2C(c2ccccc2)=C1. The first kappa shape index (κ1) is 33.5. The molecular weight excluding hydrogens is 743 g/mol. The zero-order chi connectivity index (χ0) is 38.2.